The molecule has 0 aliphatic carbocycles. The van der Waals surface area contributed by atoms with E-state index in [4.69, 9.17) is 46.9 Å². The van der Waals surface area contributed by atoms with Gasteiger partial charge in [0.2, 0.25) is 5.75 Å². The lowest BCUT2D eigenvalue weighted by Crippen LogP contribution is -2.40. The molecule has 0 spiro atoms. The van der Waals surface area contributed by atoms with E-state index in [1.807, 2.05) is 24.3 Å². The van der Waals surface area contributed by atoms with Crippen LogP contribution in [0, 0.1) is 7.14 Å². The molecule has 0 saturated heterocycles. The second kappa shape index (κ2) is 15.2. The number of fused-ring (bicyclic) bond motifs is 1. The van der Waals surface area contributed by atoms with Crippen molar-refractivity contribution in [2.45, 2.75) is 26.5 Å². The molecule has 9 nitrogen and oxygen atoms in total. The molecule has 1 aliphatic rings. The number of ether oxygens (including phenoxy) is 5. The van der Waals surface area contributed by atoms with Gasteiger partial charge in [0.15, 0.2) is 16.3 Å². The van der Waals surface area contributed by atoms with Gasteiger partial charge >= 0.3 is 5.97 Å². The summed E-state index contributed by atoms with van der Waals surface area (Å²) < 4.78 is 31.9. The highest BCUT2D eigenvalue weighted by atomic mass is 127. The third kappa shape index (κ3) is 7.31. The van der Waals surface area contributed by atoms with Crippen molar-refractivity contribution < 1.29 is 28.5 Å². The van der Waals surface area contributed by atoms with Crippen LogP contribution in [0.25, 0.3) is 6.08 Å². The molecule has 0 unspecified atom stereocenters. The van der Waals surface area contributed by atoms with E-state index in [1.165, 1.54) is 37.2 Å². The van der Waals surface area contributed by atoms with Crippen LogP contribution in [0.3, 0.4) is 0 Å². The Morgan fingerprint density at radius 1 is 1.00 bits per heavy atom. The molecule has 47 heavy (non-hydrogen) atoms. The largest absolute Gasteiger partial charge is 0.493 e. The number of carbonyl (C=O) groups is 1. The number of halogens is 4. The molecule has 0 N–H and O–H groups in total. The summed E-state index contributed by atoms with van der Waals surface area (Å²) in [6, 6.07) is 11.7. The molecular formula is C33H28Cl2I2N2O7S. The molecular weight excluding hydrogens is 893 g/mol. The van der Waals surface area contributed by atoms with Crippen molar-refractivity contribution in [3.8, 4) is 23.0 Å². The fraction of sp³-hybridized carbons (Fsp3) is 0.242. The summed E-state index contributed by atoms with van der Waals surface area (Å²) in [5.74, 6) is 1.28. The van der Waals surface area contributed by atoms with Crippen LogP contribution in [-0.2, 0) is 16.1 Å². The van der Waals surface area contributed by atoms with E-state index < -0.39 is 12.0 Å². The smallest absolute Gasteiger partial charge is 0.338 e. The van der Waals surface area contributed by atoms with Gasteiger partial charge < -0.3 is 23.7 Å². The van der Waals surface area contributed by atoms with Crippen molar-refractivity contribution in [3.63, 3.8) is 0 Å². The fourth-order valence-corrected chi connectivity index (χ4v) is 8.74. The maximum atomic E-state index is 14.2. The van der Waals surface area contributed by atoms with Crippen LogP contribution >= 0.6 is 79.7 Å². The number of thiazole rings is 1. The molecule has 0 saturated carbocycles. The number of methoxy groups -OCH3 is 3. The first-order valence-corrected chi connectivity index (χ1v) is 17.8. The number of rotatable bonds is 10. The second-order valence-corrected chi connectivity index (χ2v) is 14.3. The summed E-state index contributed by atoms with van der Waals surface area (Å²) >= 11 is 18.0. The molecule has 0 bridgehead atoms. The van der Waals surface area contributed by atoms with Crippen molar-refractivity contribution >= 4 is 91.8 Å². The maximum absolute atomic E-state index is 14.2. The Bertz CT molecular complexity index is 2050. The number of esters is 1. The molecule has 14 heteroatoms. The third-order valence-corrected chi connectivity index (χ3v) is 10.4. The predicted molar refractivity (Wildman–Crippen MR) is 199 cm³/mol. The van der Waals surface area contributed by atoms with Gasteiger partial charge in [-0.2, -0.15) is 0 Å². The van der Waals surface area contributed by atoms with Gasteiger partial charge in [0.1, 0.15) is 12.4 Å². The monoisotopic (exact) mass is 920 g/mol. The molecule has 0 radical (unpaired) electrons. The highest BCUT2D eigenvalue weighted by Gasteiger charge is 2.34. The Labute approximate surface area is 312 Å². The van der Waals surface area contributed by atoms with Crippen LogP contribution in [0.15, 0.2) is 63.5 Å². The lowest BCUT2D eigenvalue weighted by atomic mass is 9.95. The molecule has 246 valence electrons. The van der Waals surface area contributed by atoms with E-state index in [0.29, 0.717) is 53.6 Å². The van der Waals surface area contributed by atoms with E-state index in [9.17, 15) is 9.59 Å². The molecule has 3 aromatic carbocycles. The quantitative estimate of drug-likeness (QED) is 0.126. The van der Waals surface area contributed by atoms with Crippen LogP contribution in [-0.4, -0.2) is 38.5 Å². The molecule has 0 amide bonds. The molecule has 1 atom stereocenters. The number of carbonyl (C=O) groups excluding carboxylic acids is 1. The number of aromatic nitrogens is 1. The molecule has 4 aromatic rings. The number of hydrogen-bond acceptors (Lipinski definition) is 9. The zero-order valence-electron chi connectivity index (χ0n) is 25.8. The zero-order valence-corrected chi connectivity index (χ0v) is 32.4. The lowest BCUT2D eigenvalue weighted by molar-refractivity contribution is -0.139. The SMILES string of the molecule is CCOC(=O)C1=C(C)N=c2s/c(=C\c3cc(I)c(OCc4ccc(Cl)cc4Cl)c(I)c3)c(=O)n2[C@@H]1c1cc(OC)c(OC)c(OC)c1. The fourth-order valence-electron chi connectivity index (χ4n) is 5.11. The van der Waals surface area contributed by atoms with Crippen molar-refractivity contribution in [1.82, 2.24) is 4.57 Å². The summed E-state index contributed by atoms with van der Waals surface area (Å²) in [4.78, 5) is 32.7. The van der Waals surface area contributed by atoms with Crippen molar-refractivity contribution in [2.75, 3.05) is 27.9 Å². The highest BCUT2D eigenvalue weighted by Crippen LogP contribution is 2.42. The van der Waals surface area contributed by atoms with Crippen LogP contribution in [0.1, 0.15) is 36.6 Å². The Balaban J connectivity index is 1.60. The first-order chi connectivity index (χ1) is 22.5. The van der Waals surface area contributed by atoms with Gasteiger partial charge in [-0.05, 0) is 113 Å². The normalized spacial score (nSPS) is 14.4. The molecule has 1 aromatic heterocycles. The summed E-state index contributed by atoms with van der Waals surface area (Å²) in [5, 5.41) is 1.08. The summed E-state index contributed by atoms with van der Waals surface area (Å²) in [6.07, 6.45) is 1.81. The van der Waals surface area contributed by atoms with Crippen molar-refractivity contribution in [1.29, 1.82) is 0 Å². The minimum Gasteiger partial charge on any atom is -0.493 e. The summed E-state index contributed by atoms with van der Waals surface area (Å²) in [7, 11) is 4.52. The summed E-state index contributed by atoms with van der Waals surface area (Å²) in [5.41, 5.74) is 2.55. The standard InChI is InChI=1S/C33H28Cl2I2N2O7S/c1-6-45-32(41)27-16(2)38-33-39(28(27)19-12-24(42-3)30(44-5)25(13-19)43-4)31(40)26(47-33)11-17-9-22(36)29(23(37)10-17)46-15-18-7-8-20(34)14-21(18)35/h7-14,28H,6,15H2,1-5H3/b26-11-/t28-/m1/s1. The van der Waals surface area contributed by atoms with Crippen LogP contribution in [0.5, 0.6) is 23.0 Å². The maximum Gasteiger partial charge on any atom is 0.338 e. The van der Waals surface area contributed by atoms with Gasteiger partial charge in [0.05, 0.1) is 56.9 Å². The van der Waals surface area contributed by atoms with Gasteiger partial charge in [-0.1, -0.05) is 40.6 Å². The second-order valence-electron chi connectivity index (χ2n) is 10.1. The van der Waals surface area contributed by atoms with Crippen LogP contribution in [0.2, 0.25) is 10.0 Å². The highest BCUT2D eigenvalue weighted by molar-refractivity contribution is 14.1. The summed E-state index contributed by atoms with van der Waals surface area (Å²) in [6.45, 7) is 3.88. The minimum atomic E-state index is -0.864. The minimum absolute atomic E-state index is 0.158. The zero-order chi connectivity index (χ0) is 34.0. The van der Waals surface area contributed by atoms with Gasteiger partial charge in [0.25, 0.3) is 5.56 Å². The van der Waals surface area contributed by atoms with Crippen LogP contribution < -0.4 is 33.8 Å². The molecule has 0 fully saturated rings. The van der Waals surface area contributed by atoms with Gasteiger partial charge in [-0.15, -0.1) is 0 Å². The van der Waals surface area contributed by atoms with Crippen LogP contribution in [0.4, 0.5) is 0 Å². The number of benzene rings is 3. The molecule has 1 aliphatic heterocycles. The Kier molecular flexibility index (Phi) is 11.5. The molecule has 2 heterocycles. The average Bonchev–Trinajstić information content (AvgIpc) is 3.33. The van der Waals surface area contributed by atoms with Crippen molar-refractivity contribution in [3.05, 3.63) is 107 Å². The van der Waals surface area contributed by atoms with E-state index in [-0.39, 0.29) is 24.3 Å². The van der Waals surface area contributed by atoms with Gasteiger partial charge in [-0.3, -0.25) is 9.36 Å². The Hall–Kier alpha value is -2.79. The third-order valence-electron chi connectivity index (χ3n) is 7.23. The first kappa shape index (κ1) is 35.5. The number of hydrogen-bond donors (Lipinski definition) is 0. The number of allylic oxidation sites excluding steroid dienone is 1. The average molecular weight is 921 g/mol. The predicted octanol–water partition coefficient (Wildman–Crippen LogP) is 6.92. The topological polar surface area (TPSA) is 97.6 Å². The van der Waals surface area contributed by atoms with E-state index in [2.05, 4.69) is 50.2 Å². The Morgan fingerprint density at radius 2 is 1.66 bits per heavy atom. The van der Waals surface area contributed by atoms with E-state index >= 15 is 0 Å². The first-order valence-electron chi connectivity index (χ1n) is 14.1. The Morgan fingerprint density at radius 3 is 2.23 bits per heavy atom. The van der Waals surface area contributed by atoms with E-state index in [0.717, 1.165) is 18.3 Å². The lowest BCUT2D eigenvalue weighted by Gasteiger charge is -2.26. The van der Waals surface area contributed by atoms with Gasteiger partial charge in [-0.25, -0.2) is 9.79 Å². The number of nitrogens with zero attached hydrogens (tertiary/aromatic N) is 2. The van der Waals surface area contributed by atoms with E-state index in [1.54, 1.807) is 38.1 Å². The molecule has 5 rings (SSSR count). The van der Waals surface area contributed by atoms with Crippen molar-refractivity contribution in [2.24, 2.45) is 4.99 Å². The van der Waals surface area contributed by atoms with Gasteiger partial charge in [0, 0.05) is 15.6 Å².